The van der Waals surface area contributed by atoms with Gasteiger partial charge in [0.2, 0.25) is 22.1 Å². The van der Waals surface area contributed by atoms with Crippen molar-refractivity contribution in [3.8, 4) is 0 Å². The number of aromatic nitrogens is 2. The Morgan fingerprint density at radius 2 is 1.96 bits per heavy atom. The Balaban J connectivity index is 1.53. The second-order valence-electron chi connectivity index (χ2n) is 6.98. The van der Waals surface area contributed by atoms with E-state index in [1.807, 2.05) is 11.9 Å². The van der Waals surface area contributed by atoms with Crippen LogP contribution in [0.4, 0.5) is 10.3 Å². The topological polar surface area (TPSA) is 78.4 Å². The van der Waals surface area contributed by atoms with E-state index in [0.29, 0.717) is 29.3 Å². The minimum Gasteiger partial charge on any atom is -0.352 e. The van der Waals surface area contributed by atoms with E-state index in [-0.39, 0.29) is 18.4 Å². The predicted octanol–water partition coefficient (Wildman–Crippen LogP) is 2.33. The third kappa shape index (κ3) is 4.90. The zero-order chi connectivity index (χ0) is 17.6. The Morgan fingerprint density at radius 1 is 1.20 bits per heavy atom. The molecule has 3 rings (SSSR count). The molecule has 1 saturated carbocycles. The molecule has 1 aliphatic carbocycles. The second-order valence-corrected chi connectivity index (χ2v) is 7.92. The van der Waals surface area contributed by atoms with Crippen LogP contribution in [-0.2, 0) is 9.59 Å². The van der Waals surface area contributed by atoms with Gasteiger partial charge in [-0.25, -0.2) is 0 Å². The highest BCUT2D eigenvalue weighted by Gasteiger charge is 2.24. The van der Waals surface area contributed by atoms with Crippen molar-refractivity contribution >= 4 is 33.4 Å². The van der Waals surface area contributed by atoms with Crippen molar-refractivity contribution in [3.05, 3.63) is 0 Å². The lowest BCUT2D eigenvalue weighted by Crippen LogP contribution is -2.40. The monoisotopic (exact) mass is 365 g/mol. The molecule has 0 radical (unpaired) electrons. The average Bonchev–Trinajstić information content (AvgIpc) is 2.94. The van der Waals surface area contributed by atoms with Crippen LogP contribution in [0.25, 0.3) is 0 Å². The van der Waals surface area contributed by atoms with Gasteiger partial charge in [-0.15, -0.1) is 10.2 Å². The van der Waals surface area contributed by atoms with Crippen LogP contribution < -0.4 is 15.1 Å². The van der Waals surface area contributed by atoms with Gasteiger partial charge in [0, 0.05) is 26.1 Å². The molecule has 0 unspecified atom stereocenters. The molecular formula is C17H27N5O2S. The number of nitrogens with one attached hydrogen (secondary N) is 1. The van der Waals surface area contributed by atoms with Gasteiger partial charge in [-0.1, -0.05) is 37.0 Å². The number of hydrogen-bond acceptors (Lipinski definition) is 6. The smallest absolute Gasteiger partial charge is 0.239 e. The van der Waals surface area contributed by atoms with Gasteiger partial charge in [0.1, 0.15) is 0 Å². The van der Waals surface area contributed by atoms with Crippen molar-refractivity contribution in [3.63, 3.8) is 0 Å². The number of piperidine rings is 1. The van der Waals surface area contributed by atoms with Crippen LogP contribution >= 0.6 is 11.3 Å². The van der Waals surface area contributed by atoms with E-state index in [4.69, 9.17) is 0 Å². The van der Waals surface area contributed by atoms with Crippen LogP contribution in [0.15, 0.2) is 0 Å². The van der Waals surface area contributed by atoms with Gasteiger partial charge in [-0.3, -0.25) is 14.5 Å². The fraction of sp³-hybridized carbons (Fsp3) is 0.765. The summed E-state index contributed by atoms with van der Waals surface area (Å²) in [5.74, 6) is 0.142. The molecule has 7 nitrogen and oxygen atoms in total. The maximum atomic E-state index is 12.3. The summed E-state index contributed by atoms with van der Waals surface area (Å²) in [4.78, 5) is 27.8. The van der Waals surface area contributed by atoms with Crippen LogP contribution in [0, 0.1) is 0 Å². The summed E-state index contributed by atoms with van der Waals surface area (Å²) in [5.41, 5.74) is 0. The zero-order valence-corrected chi connectivity index (χ0v) is 15.7. The molecule has 1 N–H and O–H groups in total. The third-order valence-corrected chi connectivity index (χ3v) is 5.95. The summed E-state index contributed by atoms with van der Waals surface area (Å²) in [6.45, 7) is 0.971. The number of rotatable bonds is 5. The first-order valence-electron chi connectivity index (χ1n) is 9.28. The van der Waals surface area contributed by atoms with Crippen molar-refractivity contribution in [1.29, 1.82) is 0 Å². The van der Waals surface area contributed by atoms with E-state index in [1.165, 1.54) is 37.0 Å². The maximum Gasteiger partial charge on any atom is 0.239 e. The van der Waals surface area contributed by atoms with E-state index in [0.717, 1.165) is 25.7 Å². The van der Waals surface area contributed by atoms with Crippen LogP contribution in [0.3, 0.4) is 0 Å². The molecule has 0 bridgehead atoms. The van der Waals surface area contributed by atoms with Crippen LogP contribution in [0.5, 0.6) is 0 Å². The Kier molecular flexibility index (Phi) is 6.23. The highest BCUT2D eigenvalue weighted by molar-refractivity contribution is 7.19. The molecule has 1 aliphatic heterocycles. The minimum absolute atomic E-state index is 0.0280. The Morgan fingerprint density at radius 3 is 2.68 bits per heavy atom. The summed E-state index contributed by atoms with van der Waals surface area (Å²) in [7, 11) is 1.84. The van der Waals surface area contributed by atoms with Gasteiger partial charge in [0.05, 0.1) is 6.54 Å². The van der Waals surface area contributed by atoms with E-state index >= 15 is 0 Å². The molecule has 1 saturated heterocycles. The fourth-order valence-electron chi connectivity index (χ4n) is 3.46. The predicted molar refractivity (Wildman–Crippen MR) is 99.0 cm³/mol. The van der Waals surface area contributed by atoms with Gasteiger partial charge < -0.3 is 10.2 Å². The van der Waals surface area contributed by atoms with Crippen LogP contribution in [0.2, 0.25) is 0 Å². The first kappa shape index (κ1) is 18.1. The molecule has 0 spiro atoms. The molecule has 0 atom stereocenters. The quantitative estimate of drug-likeness (QED) is 0.810. The summed E-state index contributed by atoms with van der Waals surface area (Å²) < 4.78 is 0. The lowest BCUT2D eigenvalue weighted by atomic mass is 10.1. The van der Waals surface area contributed by atoms with Gasteiger partial charge in [-0.05, 0) is 25.7 Å². The molecule has 2 amide bonds. The van der Waals surface area contributed by atoms with Crippen molar-refractivity contribution in [1.82, 2.24) is 15.5 Å². The number of likely N-dealkylation sites (N-methyl/N-ethyl adjacent to an activating group) is 1. The SMILES string of the molecule is CN(CC(=O)NC1CCCCCC1)c1nnc(N2CCCCC2=O)s1. The van der Waals surface area contributed by atoms with Crippen molar-refractivity contribution in [2.24, 2.45) is 0 Å². The summed E-state index contributed by atoms with van der Waals surface area (Å²) >= 11 is 1.37. The molecule has 138 valence electrons. The van der Waals surface area contributed by atoms with E-state index < -0.39 is 0 Å². The van der Waals surface area contributed by atoms with E-state index in [9.17, 15) is 9.59 Å². The lowest BCUT2D eigenvalue weighted by Gasteiger charge is -2.23. The zero-order valence-electron chi connectivity index (χ0n) is 14.9. The highest BCUT2D eigenvalue weighted by atomic mass is 32.1. The summed E-state index contributed by atoms with van der Waals surface area (Å²) in [6, 6.07) is 0.305. The van der Waals surface area contributed by atoms with E-state index in [1.54, 1.807) is 4.90 Å². The van der Waals surface area contributed by atoms with Gasteiger partial charge in [0.15, 0.2) is 0 Å². The first-order chi connectivity index (χ1) is 12.1. The Labute approximate surface area is 152 Å². The lowest BCUT2D eigenvalue weighted by molar-refractivity contribution is -0.121. The van der Waals surface area contributed by atoms with Gasteiger partial charge in [0.25, 0.3) is 0 Å². The fourth-order valence-corrected chi connectivity index (χ4v) is 4.31. The average molecular weight is 366 g/mol. The standard InChI is InChI=1S/C17H27N5O2S/c1-21(12-14(23)18-13-8-4-2-3-5-9-13)16-19-20-17(25-16)22-11-7-6-10-15(22)24/h13H,2-12H2,1H3,(H,18,23). The molecule has 1 aromatic heterocycles. The molecule has 1 aromatic rings. The third-order valence-electron chi connectivity index (χ3n) is 4.89. The number of carbonyl (C=O) groups excluding carboxylic acids is 2. The van der Waals surface area contributed by atoms with Gasteiger partial charge in [-0.2, -0.15) is 0 Å². The second kappa shape index (κ2) is 8.60. The number of anilines is 2. The summed E-state index contributed by atoms with van der Waals surface area (Å²) in [6.07, 6.45) is 9.63. The molecule has 2 aliphatic rings. The summed E-state index contributed by atoms with van der Waals surface area (Å²) in [5, 5.41) is 12.8. The Bertz CT molecular complexity index is 598. The molecule has 0 aromatic carbocycles. The maximum absolute atomic E-state index is 12.3. The molecule has 25 heavy (non-hydrogen) atoms. The van der Waals surface area contributed by atoms with Crippen molar-refractivity contribution in [2.45, 2.75) is 63.8 Å². The van der Waals surface area contributed by atoms with Crippen molar-refractivity contribution < 1.29 is 9.59 Å². The number of nitrogens with zero attached hydrogens (tertiary/aromatic N) is 4. The van der Waals surface area contributed by atoms with Crippen molar-refractivity contribution in [2.75, 3.05) is 29.9 Å². The molecule has 2 heterocycles. The molecular weight excluding hydrogens is 338 g/mol. The molecule has 2 fully saturated rings. The number of carbonyl (C=O) groups is 2. The number of amides is 2. The Hall–Kier alpha value is -1.70. The largest absolute Gasteiger partial charge is 0.352 e. The van der Waals surface area contributed by atoms with Crippen LogP contribution in [-0.4, -0.2) is 48.2 Å². The number of hydrogen-bond donors (Lipinski definition) is 1. The molecule has 8 heteroatoms. The van der Waals surface area contributed by atoms with Crippen LogP contribution in [0.1, 0.15) is 57.8 Å². The van der Waals surface area contributed by atoms with Gasteiger partial charge >= 0.3 is 0 Å². The first-order valence-corrected chi connectivity index (χ1v) is 10.1. The minimum atomic E-state index is 0.0280. The van der Waals surface area contributed by atoms with E-state index in [2.05, 4.69) is 15.5 Å². The highest BCUT2D eigenvalue weighted by Crippen LogP contribution is 2.28. The normalized spacial score (nSPS) is 19.6.